The lowest BCUT2D eigenvalue weighted by Crippen LogP contribution is -2.08. The highest BCUT2D eigenvalue weighted by Gasteiger charge is 2.24. The van der Waals surface area contributed by atoms with E-state index in [2.05, 4.69) is 4.98 Å². The molecule has 4 nitrogen and oxygen atoms in total. The third kappa shape index (κ3) is 3.74. The van der Waals surface area contributed by atoms with Gasteiger partial charge in [-0.05, 0) is 30.9 Å². The van der Waals surface area contributed by atoms with E-state index in [4.69, 9.17) is 11.1 Å². The lowest BCUT2D eigenvalue weighted by atomic mass is 10.1. The van der Waals surface area contributed by atoms with E-state index in [1.54, 1.807) is 12.3 Å². The Kier molecular flexibility index (Phi) is 5.48. The third-order valence-corrected chi connectivity index (χ3v) is 7.61. The highest BCUT2D eigenvalue weighted by molar-refractivity contribution is 8.01. The van der Waals surface area contributed by atoms with Gasteiger partial charge in [0.25, 0.3) is 0 Å². The fraction of sp³-hybridized carbons (Fsp3) is 0.111. The van der Waals surface area contributed by atoms with Crippen LogP contribution in [0.5, 0.6) is 0 Å². The number of rotatable bonds is 5. The minimum absolute atomic E-state index is 0.00131. The molecule has 1 unspecified atom stereocenters. The predicted octanol–water partition coefficient (Wildman–Crippen LogP) is 4.29. The molecule has 2 aromatic heterocycles. The van der Waals surface area contributed by atoms with Crippen LogP contribution in [0, 0.1) is 12.3 Å². The molecule has 1 aromatic carbocycles. The van der Waals surface area contributed by atoms with E-state index in [9.17, 15) is 4.55 Å². The van der Waals surface area contributed by atoms with Crippen LogP contribution < -0.4 is 5.73 Å². The van der Waals surface area contributed by atoms with Gasteiger partial charge in [-0.2, -0.15) is 0 Å². The summed E-state index contributed by atoms with van der Waals surface area (Å²) in [6, 6.07) is 13.3. The van der Waals surface area contributed by atoms with Crippen LogP contribution >= 0.6 is 23.1 Å². The van der Waals surface area contributed by atoms with Gasteiger partial charge in [0.05, 0.1) is 10.6 Å². The Labute approximate surface area is 158 Å². The third-order valence-electron chi connectivity index (χ3n) is 3.65. The summed E-state index contributed by atoms with van der Waals surface area (Å²) in [5.74, 6) is 0.00131. The van der Waals surface area contributed by atoms with Gasteiger partial charge >= 0.3 is 0 Å². The normalized spacial score (nSPS) is 12.1. The Morgan fingerprint density at radius 3 is 2.76 bits per heavy atom. The van der Waals surface area contributed by atoms with Crippen molar-refractivity contribution in [2.45, 2.75) is 20.9 Å². The second-order valence-electron chi connectivity index (χ2n) is 5.35. The zero-order chi connectivity index (χ0) is 18.0. The molecule has 0 saturated carbocycles. The number of nitrogens with one attached hydrogen (secondary N) is 1. The molecular formula is C18H17N3OS3. The summed E-state index contributed by atoms with van der Waals surface area (Å²) in [4.78, 5) is 6.50. The van der Waals surface area contributed by atoms with Gasteiger partial charge in [0, 0.05) is 35.1 Å². The highest BCUT2D eigenvalue weighted by atomic mass is 32.2. The van der Waals surface area contributed by atoms with Crippen LogP contribution in [0.4, 0.5) is 0 Å². The Morgan fingerprint density at radius 2 is 2.08 bits per heavy atom. The number of thioether (sulfide) groups is 1. The molecular weight excluding hydrogens is 370 g/mol. The minimum atomic E-state index is -1.34. The van der Waals surface area contributed by atoms with Crippen molar-refractivity contribution in [3.05, 3.63) is 59.1 Å². The maximum absolute atomic E-state index is 13.1. The highest BCUT2D eigenvalue weighted by Crippen LogP contribution is 2.37. The van der Waals surface area contributed by atoms with Gasteiger partial charge in [-0.25, -0.2) is 0 Å². The van der Waals surface area contributed by atoms with Gasteiger partial charge in [0.15, 0.2) is 9.79 Å². The molecule has 3 aromatic rings. The number of benzene rings is 1. The summed E-state index contributed by atoms with van der Waals surface area (Å²) in [6.07, 6.45) is 3.69. The number of aromatic nitrogens is 1. The molecule has 3 N–H and O–H groups in total. The molecule has 0 aliphatic heterocycles. The van der Waals surface area contributed by atoms with Crippen molar-refractivity contribution in [2.75, 3.05) is 6.26 Å². The van der Waals surface area contributed by atoms with Crippen molar-refractivity contribution in [3.8, 4) is 11.3 Å². The lowest BCUT2D eigenvalue weighted by Gasteiger charge is -2.11. The van der Waals surface area contributed by atoms with Crippen molar-refractivity contribution < 1.29 is 4.55 Å². The largest absolute Gasteiger partial charge is 0.606 e. The average molecular weight is 388 g/mol. The topological polar surface area (TPSA) is 85.8 Å². The molecule has 128 valence electrons. The van der Waals surface area contributed by atoms with Crippen LogP contribution in [0.25, 0.3) is 11.3 Å². The average Bonchev–Trinajstić information content (AvgIpc) is 3.06. The van der Waals surface area contributed by atoms with Crippen molar-refractivity contribution >= 4 is 40.1 Å². The smallest absolute Gasteiger partial charge is 0.183 e. The van der Waals surface area contributed by atoms with E-state index in [1.807, 2.05) is 49.6 Å². The first-order chi connectivity index (χ1) is 12.0. The number of amidine groups is 1. The van der Waals surface area contributed by atoms with E-state index in [0.717, 1.165) is 21.0 Å². The molecule has 25 heavy (non-hydrogen) atoms. The van der Waals surface area contributed by atoms with Gasteiger partial charge in [-0.15, -0.1) is 23.1 Å². The van der Waals surface area contributed by atoms with Gasteiger partial charge in [0.2, 0.25) is 0 Å². The van der Waals surface area contributed by atoms with Crippen LogP contribution in [0.15, 0.2) is 62.7 Å². The van der Waals surface area contributed by atoms with Crippen LogP contribution in [0.1, 0.15) is 10.4 Å². The molecule has 0 spiro atoms. The molecule has 0 saturated heterocycles. The molecule has 0 radical (unpaired) electrons. The number of thiophene rings is 1. The lowest BCUT2D eigenvalue weighted by molar-refractivity contribution is 0.594. The molecule has 1 atom stereocenters. The number of aryl methyl sites for hydroxylation is 1. The summed E-state index contributed by atoms with van der Waals surface area (Å²) < 4.78 is 14.0. The maximum Gasteiger partial charge on any atom is 0.183 e. The summed E-state index contributed by atoms with van der Waals surface area (Å²) in [5.41, 5.74) is 8.49. The standard InChI is InChI=1S/C18H17N3OS3/c1-11-5-4-8-21-16(11)12-6-3-7-13(9-12)25(22)15-10-14(17(19)20)24-18(15)23-2/h3-10H,1-2H3,(H3,19,20). The Hall–Kier alpha value is -1.80. The molecule has 0 aliphatic carbocycles. The number of hydrogen-bond acceptors (Lipinski definition) is 5. The maximum atomic E-state index is 13.1. The van der Waals surface area contributed by atoms with Gasteiger partial charge < -0.3 is 10.3 Å². The van der Waals surface area contributed by atoms with E-state index in [-0.39, 0.29) is 5.84 Å². The van der Waals surface area contributed by atoms with Crippen LogP contribution in [0.2, 0.25) is 0 Å². The first-order valence-corrected chi connectivity index (χ1v) is 10.7. The molecule has 3 rings (SSSR count). The van der Waals surface area contributed by atoms with E-state index in [1.165, 1.54) is 23.1 Å². The first-order valence-electron chi connectivity index (χ1n) is 7.47. The Balaban J connectivity index is 2.01. The van der Waals surface area contributed by atoms with Crippen molar-refractivity contribution in [2.24, 2.45) is 5.73 Å². The second-order valence-corrected chi connectivity index (χ2v) is 8.92. The van der Waals surface area contributed by atoms with Crippen molar-refractivity contribution in [1.82, 2.24) is 4.98 Å². The SMILES string of the molecule is CSc1sc(C(=N)N)cc1[S+]([O-])c1cccc(-c2ncccc2C)c1. The number of nitrogens with two attached hydrogens (primary N) is 1. The summed E-state index contributed by atoms with van der Waals surface area (Å²) in [6.45, 7) is 2.01. The number of nitrogens with zero attached hydrogens (tertiary/aromatic N) is 1. The first kappa shape index (κ1) is 18.0. The van der Waals surface area contributed by atoms with Crippen LogP contribution in [-0.4, -0.2) is 21.6 Å². The molecule has 0 aliphatic rings. The molecule has 7 heteroatoms. The predicted molar refractivity (Wildman–Crippen MR) is 106 cm³/mol. The Bertz CT molecular complexity index is 923. The molecule has 0 amide bonds. The molecule has 0 bridgehead atoms. The zero-order valence-electron chi connectivity index (χ0n) is 13.8. The number of nitrogen functional groups attached to an aromatic ring is 1. The van der Waals surface area contributed by atoms with Crippen LogP contribution in [-0.2, 0) is 11.2 Å². The number of hydrogen-bond donors (Lipinski definition) is 2. The van der Waals surface area contributed by atoms with Gasteiger partial charge in [-0.3, -0.25) is 10.4 Å². The van der Waals surface area contributed by atoms with E-state index in [0.29, 0.717) is 14.7 Å². The van der Waals surface area contributed by atoms with E-state index < -0.39 is 11.2 Å². The summed E-state index contributed by atoms with van der Waals surface area (Å²) >= 11 is 1.59. The van der Waals surface area contributed by atoms with Crippen LogP contribution in [0.3, 0.4) is 0 Å². The van der Waals surface area contributed by atoms with Gasteiger partial charge in [-0.1, -0.05) is 18.2 Å². The monoisotopic (exact) mass is 387 g/mol. The quantitative estimate of drug-likeness (QED) is 0.296. The van der Waals surface area contributed by atoms with E-state index >= 15 is 0 Å². The fourth-order valence-corrected chi connectivity index (χ4v) is 5.91. The molecule has 2 heterocycles. The summed E-state index contributed by atoms with van der Waals surface area (Å²) in [7, 11) is 0. The van der Waals surface area contributed by atoms with Crippen molar-refractivity contribution in [3.63, 3.8) is 0 Å². The Morgan fingerprint density at radius 1 is 1.28 bits per heavy atom. The summed E-state index contributed by atoms with van der Waals surface area (Å²) in [5, 5.41) is 7.61. The fourth-order valence-electron chi connectivity index (χ4n) is 2.44. The number of pyridine rings is 1. The molecule has 0 fully saturated rings. The zero-order valence-corrected chi connectivity index (χ0v) is 16.2. The van der Waals surface area contributed by atoms with Gasteiger partial charge in [0.1, 0.15) is 10.0 Å². The van der Waals surface area contributed by atoms with Crippen molar-refractivity contribution in [1.29, 1.82) is 5.41 Å². The second kappa shape index (κ2) is 7.61. The minimum Gasteiger partial charge on any atom is -0.606 e.